The van der Waals surface area contributed by atoms with Gasteiger partial charge in [0.25, 0.3) is 5.69 Å². The summed E-state index contributed by atoms with van der Waals surface area (Å²) in [6.45, 7) is 1.85. The Bertz CT molecular complexity index is 573. The normalized spacial score (nSPS) is 10.4. The van der Waals surface area contributed by atoms with Gasteiger partial charge in [-0.1, -0.05) is 0 Å². The van der Waals surface area contributed by atoms with Crippen LogP contribution in [0.25, 0.3) is 0 Å². The summed E-state index contributed by atoms with van der Waals surface area (Å²) < 4.78 is 4.07. The summed E-state index contributed by atoms with van der Waals surface area (Å²) in [4.78, 5) is 25.2. The maximum atomic E-state index is 11.8. The minimum atomic E-state index is -0.538. The first kappa shape index (κ1) is 11.5. The lowest BCUT2D eigenvalue weighted by Crippen LogP contribution is -2.02. The second kappa shape index (κ2) is 4.46. The lowest BCUT2D eigenvalue weighted by molar-refractivity contribution is -0.384. The van der Waals surface area contributed by atoms with E-state index in [4.69, 9.17) is 0 Å². The fourth-order valence-corrected chi connectivity index (χ4v) is 2.14. The van der Waals surface area contributed by atoms with Gasteiger partial charge in [0.15, 0.2) is 5.78 Å². The predicted molar refractivity (Wildman–Crippen MR) is 62.3 cm³/mol. The molecule has 2 aromatic heterocycles. The van der Waals surface area contributed by atoms with Gasteiger partial charge in [-0.3, -0.25) is 14.9 Å². The van der Waals surface area contributed by atoms with Crippen molar-refractivity contribution in [2.24, 2.45) is 0 Å². The third-order valence-corrected chi connectivity index (χ3v) is 3.07. The molecule has 2 rings (SSSR count). The first-order chi connectivity index (χ1) is 8.06. The van der Waals surface area contributed by atoms with Crippen LogP contribution in [0.1, 0.15) is 21.1 Å². The number of H-pyrrole nitrogens is 1. The largest absolute Gasteiger partial charge is 0.353 e. The minimum Gasteiger partial charge on any atom is -0.353 e. The first-order valence-electron chi connectivity index (χ1n) is 4.84. The van der Waals surface area contributed by atoms with E-state index in [2.05, 4.69) is 9.36 Å². The van der Waals surface area contributed by atoms with Crippen molar-refractivity contribution >= 4 is 23.0 Å². The van der Waals surface area contributed by atoms with Crippen LogP contribution in [0.15, 0.2) is 18.3 Å². The fourth-order valence-electron chi connectivity index (χ4n) is 1.40. The molecule has 0 aromatic carbocycles. The number of rotatable bonds is 4. The Morgan fingerprint density at radius 2 is 2.35 bits per heavy atom. The predicted octanol–water partition coefficient (Wildman–Crippen LogP) is 2.11. The van der Waals surface area contributed by atoms with Crippen LogP contribution in [0.3, 0.4) is 0 Å². The highest BCUT2D eigenvalue weighted by molar-refractivity contribution is 7.05. The number of aromatic amines is 1. The van der Waals surface area contributed by atoms with Gasteiger partial charge in [-0.25, -0.2) is 0 Å². The topological polar surface area (TPSA) is 88.9 Å². The zero-order valence-electron chi connectivity index (χ0n) is 8.97. The second-order valence-corrected chi connectivity index (χ2v) is 4.45. The molecule has 6 nitrogen and oxygen atoms in total. The minimum absolute atomic E-state index is 0.103. The van der Waals surface area contributed by atoms with Crippen molar-refractivity contribution in [3.63, 3.8) is 0 Å². The zero-order valence-corrected chi connectivity index (χ0v) is 9.78. The van der Waals surface area contributed by atoms with E-state index in [1.54, 1.807) is 0 Å². The van der Waals surface area contributed by atoms with Gasteiger partial charge < -0.3 is 4.98 Å². The number of aryl methyl sites for hydroxylation is 1. The maximum absolute atomic E-state index is 11.8. The van der Waals surface area contributed by atoms with Gasteiger partial charge in [0, 0.05) is 17.4 Å². The molecule has 88 valence electrons. The van der Waals surface area contributed by atoms with Crippen LogP contribution in [0, 0.1) is 17.0 Å². The maximum Gasteiger partial charge on any atom is 0.287 e. The Hall–Kier alpha value is -2.02. The summed E-state index contributed by atoms with van der Waals surface area (Å²) in [5.41, 5.74) is 1.02. The lowest BCUT2D eigenvalue weighted by atomic mass is 10.2. The summed E-state index contributed by atoms with van der Waals surface area (Å²) in [6.07, 6.45) is 1.42. The van der Waals surface area contributed by atoms with Gasteiger partial charge >= 0.3 is 0 Å². The molecule has 0 radical (unpaired) electrons. The molecule has 2 aromatic rings. The van der Waals surface area contributed by atoms with Gasteiger partial charge in [-0.15, -0.1) is 0 Å². The van der Waals surface area contributed by atoms with Gasteiger partial charge in [0.05, 0.1) is 22.5 Å². The average molecular weight is 251 g/mol. The third kappa shape index (κ3) is 2.56. The molecule has 1 N–H and O–H groups in total. The molecular formula is C10H9N3O3S. The van der Waals surface area contributed by atoms with Crippen molar-refractivity contribution in [2.75, 3.05) is 0 Å². The van der Waals surface area contributed by atoms with Crippen LogP contribution in [-0.2, 0) is 6.42 Å². The highest BCUT2D eigenvalue weighted by atomic mass is 32.1. The quantitative estimate of drug-likeness (QED) is 0.512. The fraction of sp³-hybridized carbons (Fsp3) is 0.200. The third-order valence-electron chi connectivity index (χ3n) is 2.19. The number of aromatic nitrogens is 2. The molecule has 0 aliphatic rings. The Labute approximate surface area is 101 Å². The van der Waals surface area contributed by atoms with Crippen molar-refractivity contribution in [1.82, 2.24) is 9.36 Å². The zero-order chi connectivity index (χ0) is 12.4. The molecule has 0 unspecified atom stereocenters. The van der Waals surface area contributed by atoms with E-state index >= 15 is 0 Å². The number of hydrogen-bond acceptors (Lipinski definition) is 5. The monoisotopic (exact) mass is 251 g/mol. The van der Waals surface area contributed by atoms with E-state index in [1.807, 2.05) is 13.0 Å². The smallest absolute Gasteiger partial charge is 0.287 e. The molecule has 0 saturated carbocycles. The van der Waals surface area contributed by atoms with E-state index in [9.17, 15) is 14.9 Å². The van der Waals surface area contributed by atoms with Crippen LogP contribution in [0.2, 0.25) is 0 Å². The molecule has 17 heavy (non-hydrogen) atoms. The number of carbonyl (C=O) groups excluding carboxylic acids is 1. The average Bonchev–Trinajstić information content (AvgIpc) is 2.86. The Morgan fingerprint density at radius 3 is 2.88 bits per heavy atom. The van der Waals surface area contributed by atoms with E-state index in [-0.39, 0.29) is 23.6 Å². The lowest BCUT2D eigenvalue weighted by Gasteiger charge is -1.93. The molecule has 7 heteroatoms. The standard InChI is InChI=1S/C10H9N3O3S/c1-6-2-8(17-12-6)4-10(14)9-3-7(5-11-9)13(15)16/h2-3,5,11H,4H2,1H3. The van der Waals surface area contributed by atoms with Crippen LogP contribution in [0.4, 0.5) is 5.69 Å². The van der Waals surface area contributed by atoms with Crippen molar-refractivity contribution < 1.29 is 9.72 Å². The molecular weight excluding hydrogens is 242 g/mol. The van der Waals surface area contributed by atoms with Crippen molar-refractivity contribution in [1.29, 1.82) is 0 Å². The molecule has 0 amide bonds. The van der Waals surface area contributed by atoms with E-state index in [0.717, 1.165) is 10.6 Å². The first-order valence-corrected chi connectivity index (χ1v) is 5.62. The molecule has 0 aliphatic carbocycles. The SMILES string of the molecule is Cc1cc(CC(=O)c2cc([N+](=O)[O-])c[nH]2)sn1. The van der Waals surface area contributed by atoms with Crippen LogP contribution >= 0.6 is 11.5 Å². The Balaban J connectivity index is 2.11. The number of hydrogen-bond donors (Lipinski definition) is 1. The number of nitrogens with zero attached hydrogens (tertiary/aromatic N) is 2. The number of nitrogens with one attached hydrogen (secondary N) is 1. The Kier molecular flexibility index (Phi) is 3.01. The number of Topliss-reactive ketones (excluding diaryl/α,β-unsaturated/α-hetero) is 1. The van der Waals surface area contributed by atoms with Crippen LogP contribution in [-0.4, -0.2) is 20.1 Å². The van der Waals surface area contributed by atoms with E-state index in [0.29, 0.717) is 0 Å². The summed E-state index contributed by atoms with van der Waals surface area (Å²) in [5, 5.41) is 10.5. The summed E-state index contributed by atoms with van der Waals surface area (Å²) in [7, 11) is 0. The van der Waals surface area contributed by atoms with Crippen molar-refractivity contribution in [2.45, 2.75) is 13.3 Å². The van der Waals surface area contributed by atoms with Crippen molar-refractivity contribution in [3.8, 4) is 0 Å². The molecule has 0 spiro atoms. The Morgan fingerprint density at radius 1 is 1.59 bits per heavy atom. The highest BCUT2D eigenvalue weighted by Gasteiger charge is 2.15. The van der Waals surface area contributed by atoms with E-state index < -0.39 is 4.92 Å². The van der Waals surface area contributed by atoms with Crippen LogP contribution in [0.5, 0.6) is 0 Å². The summed E-state index contributed by atoms with van der Waals surface area (Å²) in [6, 6.07) is 3.08. The summed E-state index contributed by atoms with van der Waals surface area (Å²) >= 11 is 1.27. The van der Waals surface area contributed by atoms with Crippen LogP contribution < -0.4 is 0 Å². The number of carbonyl (C=O) groups is 1. The highest BCUT2D eigenvalue weighted by Crippen LogP contribution is 2.16. The van der Waals surface area contributed by atoms with Gasteiger partial charge in [-0.2, -0.15) is 4.37 Å². The number of ketones is 1. The van der Waals surface area contributed by atoms with Gasteiger partial charge in [0.2, 0.25) is 0 Å². The molecule has 0 atom stereocenters. The summed E-state index contributed by atoms with van der Waals surface area (Å²) in [5.74, 6) is -0.179. The second-order valence-electron chi connectivity index (χ2n) is 3.56. The van der Waals surface area contributed by atoms with Crippen molar-refractivity contribution in [3.05, 3.63) is 44.7 Å². The molecule has 2 heterocycles. The number of nitro groups is 1. The van der Waals surface area contributed by atoms with Gasteiger partial charge in [0.1, 0.15) is 0 Å². The molecule has 0 aliphatic heterocycles. The van der Waals surface area contributed by atoms with Gasteiger partial charge in [-0.05, 0) is 24.5 Å². The van der Waals surface area contributed by atoms with E-state index in [1.165, 1.54) is 23.8 Å². The molecule has 0 bridgehead atoms. The molecule has 0 saturated heterocycles. The molecule has 0 fully saturated rings.